The summed E-state index contributed by atoms with van der Waals surface area (Å²) in [6.45, 7) is 4.49. The van der Waals surface area contributed by atoms with Gasteiger partial charge in [0.2, 0.25) is 5.91 Å². The molecule has 4 nitrogen and oxygen atoms in total. The van der Waals surface area contributed by atoms with Crippen LogP contribution < -0.4 is 5.32 Å². The van der Waals surface area contributed by atoms with Gasteiger partial charge in [0.25, 0.3) is 0 Å². The summed E-state index contributed by atoms with van der Waals surface area (Å²) in [5.41, 5.74) is 0.782. The molecular weight excluding hydrogens is 178 g/mol. The number of hydrogen-bond donors (Lipinski definition) is 1. The van der Waals surface area contributed by atoms with Gasteiger partial charge in [0.1, 0.15) is 0 Å². The summed E-state index contributed by atoms with van der Waals surface area (Å²) in [7, 11) is 0. The Balaban J connectivity index is 2.31. The van der Waals surface area contributed by atoms with Gasteiger partial charge < -0.3 is 5.32 Å². The lowest BCUT2D eigenvalue weighted by molar-refractivity contribution is -0.121. The maximum atomic E-state index is 11.3. The molecule has 0 aromatic carbocycles. The van der Waals surface area contributed by atoms with Crippen LogP contribution in [0.4, 0.5) is 0 Å². The fraction of sp³-hybridized carbons (Fsp3) is 0.500. The second-order valence-corrected chi connectivity index (χ2v) is 3.57. The number of hydrogen-bond acceptors (Lipinski definition) is 3. The zero-order valence-electron chi connectivity index (χ0n) is 8.53. The predicted octanol–water partition coefficient (Wildman–Crippen LogP) is 1.14. The number of aromatic nitrogens is 2. The Bertz CT molecular complexity index is 285. The molecule has 0 aliphatic heterocycles. The van der Waals surface area contributed by atoms with Crippen molar-refractivity contribution in [2.24, 2.45) is 5.92 Å². The average Bonchev–Trinajstić information content (AvgIpc) is 2.15. The molecule has 4 heteroatoms. The molecule has 0 spiro atoms. The molecule has 14 heavy (non-hydrogen) atoms. The Morgan fingerprint density at radius 1 is 1.50 bits per heavy atom. The summed E-state index contributed by atoms with van der Waals surface area (Å²) < 4.78 is 0. The molecule has 1 N–H and O–H groups in total. The normalized spacial score (nSPS) is 10.2. The maximum absolute atomic E-state index is 11.3. The van der Waals surface area contributed by atoms with Crippen LogP contribution in [0, 0.1) is 5.92 Å². The van der Waals surface area contributed by atoms with Gasteiger partial charge in [-0.1, -0.05) is 13.8 Å². The molecule has 76 valence electrons. The van der Waals surface area contributed by atoms with Gasteiger partial charge in [-0.3, -0.25) is 14.8 Å². The van der Waals surface area contributed by atoms with Gasteiger partial charge in [0.05, 0.1) is 18.4 Å². The summed E-state index contributed by atoms with van der Waals surface area (Å²) >= 11 is 0. The van der Waals surface area contributed by atoms with Crippen LogP contribution in [0.1, 0.15) is 26.0 Å². The zero-order chi connectivity index (χ0) is 10.4. The van der Waals surface area contributed by atoms with E-state index in [9.17, 15) is 4.79 Å². The lowest BCUT2D eigenvalue weighted by atomic mass is 10.1. The van der Waals surface area contributed by atoms with Gasteiger partial charge in [-0.05, 0) is 5.92 Å². The number of nitrogens with one attached hydrogen (secondary N) is 1. The van der Waals surface area contributed by atoms with Crippen molar-refractivity contribution in [1.29, 1.82) is 0 Å². The molecule has 0 radical (unpaired) electrons. The average molecular weight is 193 g/mol. The highest BCUT2D eigenvalue weighted by Crippen LogP contribution is 1.98. The minimum Gasteiger partial charge on any atom is -0.350 e. The highest BCUT2D eigenvalue weighted by atomic mass is 16.1. The van der Waals surface area contributed by atoms with Crippen LogP contribution >= 0.6 is 0 Å². The zero-order valence-corrected chi connectivity index (χ0v) is 8.53. The molecule has 0 aliphatic rings. The molecule has 0 fully saturated rings. The van der Waals surface area contributed by atoms with E-state index in [1.807, 2.05) is 13.8 Å². The van der Waals surface area contributed by atoms with E-state index in [1.54, 1.807) is 18.6 Å². The first-order valence-electron chi connectivity index (χ1n) is 4.70. The Morgan fingerprint density at radius 3 is 2.86 bits per heavy atom. The van der Waals surface area contributed by atoms with Gasteiger partial charge in [-0.25, -0.2) is 0 Å². The van der Waals surface area contributed by atoms with E-state index in [0.717, 1.165) is 5.69 Å². The first kappa shape index (κ1) is 10.6. The number of rotatable bonds is 4. The van der Waals surface area contributed by atoms with E-state index < -0.39 is 0 Å². The molecule has 0 atom stereocenters. The van der Waals surface area contributed by atoms with Crippen LogP contribution in [-0.2, 0) is 11.3 Å². The molecule has 0 saturated heterocycles. The van der Waals surface area contributed by atoms with Crippen LogP contribution in [0.3, 0.4) is 0 Å². The first-order chi connectivity index (χ1) is 6.68. The standard InChI is InChI=1S/C10H15N3O/c1-8(2)5-10(14)13-7-9-6-11-3-4-12-9/h3-4,6,8H,5,7H2,1-2H3,(H,13,14). The summed E-state index contributed by atoms with van der Waals surface area (Å²) in [5, 5.41) is 2.79. The Kier molecular flexibility index (Phi) is 4.04. The Labute approximate surface area is 83.8 Å². The SMILES string of the molecule is CC(C)CC(=O)NCc1cnccn1. The van der Waals surface area contributed by atoms with Gasteiger partial charge in [0.15, 0.2) is 0 Å². The predicted molar refractivity (Wildman–Crippen MR) is 53.3 cm³/mol. The monoisotopic (exact) mass is 193 g/mol. The highest BCUT2D eigenvalue weighted by molar-refractivity contribution is 5.75. The van der Waals surface area contributed by atoms with Gasteiger partial charge in [-0.15, -0.1) is 0 Å². The van der Waals surface area contributed by atoms with Crippen molar-refractivity contribution in [3.05, 3.63) is 24.3 Å². The highest BCUT2D eigenvalue weighted by Gasteiger charge is 2.04. The van der Waals surface area contributed by atoms with Crippen molar-refractivity contribution in [1.82, 2.24) is 15.3 Å². The molecule has 1 aromatic heterocycles. The molecule has 0 aliphatic carbocycles. The first-order valence-corrected chi connectivity index (χ1v) is 4.70. The van der Waals surface area contributed by atoms with E-state index in [4.69, 9.17) is 0 Å². The fourth-order valence-electron chi connectivity index (χ4n) is 1.05. The molecule has 1 rings (SSSR count). The molecule has 1 heterocycles. The Hall–Kier alpha value is -1.45. The lowest BCUT2D eigenvalue weighted by Gasteiger charge is -2.05. The van der Waals surface area contributed by atoms with Crippen molar-refractivity contribution in [2.75, 3.05) is 0 Å². The smallest absolute Gasteiger partial charge is 0.220 e. The van der Waals surface area contributed by atoms with Crippen molar-refractivity contribution >= 4 is 5.91 Å². The van der Waals surface area contributed by atoms with Crippen molar-refractivity contribution < 1.29 is 4.79 Å². The molecule has 1 amide bonds. The number of carbonyl (C=O) groups excluding carboxylic acids is 1. The quantitative estimate of drug-likeness (QED) is 0.780. The lowest BCUT2D eigenvalue weighted by Crippen LogP contribution is -2.24. The topological polar surface area (TPSA) is 54.9 Å². The largest absolute Gasteiger partial charge is 0.350 e. The minimum atomic E-state index is 0.0608. The van der Waals surface area contributed by atoms with Crippen molar-refractivity contribution in [3.63, 3.8) is 0 Å². The number of amides is 1. The number of carbonyl (C=O) groups is 1. The molecule has 0 bridgehead atoms. The summed E-state index contributed by atoms with van der Waals surface area (Å²) in [4.78, 5) is 19.2. The van der Waals surface area contributed by atoms with Crippen LogP contribution in [0.5, 0.6) is 0 Å². The summed E-state index contributed by atoms with van der Waals surface area (Å²) in [6, 6.07) is 0. The second kappa shape index (κ2) is 5.32. The third-order valence-electron chi connectivity index (χ3n) is 1.68. The summed E-state index contributed by atoms with van der Waals surface area (Å²) in [6.07, 6.45) is 5.43. The van der Waals surface area contributed by atoms with Crippen LogP contribution in [0.25, 0.3) is 0 Å². The Morgan fingerprint density at radius 2 is 2.29 bits per heavy atom. The molecule has 0 saturated carbocycles. The van der Waals surface area contributed by atoms with Crippen LogP contribution in [0.15, 0.2) is 18.6 Å². The van der Waals surface area contributed by atoms with Crippen molar-refractivity contribution in [2.45, 2.75) is 26.8 Å². The molecule has 0 unspecified atom stereocenters. The van der Waals surface area contributed by atoms with Crippen LogP contribution in [-0.4, -0.2) is 15.9 Å². The van der Waals surface area contributed by atoms with Crippen molar-refractivity contribution in [3.8, 4) is 0 Å². The molecule has 1 aromatic rings. The minimum absolute atomic E-state index is 0.0608. The van der Waals surface area contributed by atoms with E-state index >= 15 is 0 Å². The van der Waals surface area contributed by atoms with E-state index in [0.29, 0.717) is 18.9 Å². The third-order valence-corrected chi connectivity index (χ3v) is 1.68. The van der Waals surface area contributed by atoms with E-state index in [1.165, 1.54) is 0 Å². The summed E-state index contributed by atoms with van der Waals surface area (Å²) in [5.74, 6) is 0.447. The third kappa shape index (κ3) is 3.98. The fourth-order valence-corrected chi connectivity index (χ4v) is 1.05. The second-order valence-electron chi connectivity index (χ2n) is 3.57. The van der Waals surface area contributed by atoms with Crippen LogP contribution in [0.2, 0.25) is 0 Å². The van der Waals surface area contributed by atoms with Gasteiger partial charge in [0, 0.05) is 18.8 Å². The van der Waals surface area contributed by atoms with Gasteiger partial charge >= 0.3 is 0 Å². The van der Waals surface area contributed by atoms with E-state index in [2.05, 4.69) is 15.3 Å². The molecular formula is C10H15N3O. The maximum Gasteiger partial charge on any atom is 0.220 e. The van der Waals surface area contributed by atoms with E-state index in [-0.39, 0.29) is 5.91 Å². The van der Waals surface area contributed by atoms with Gasteiger partial charge in [-0.2, -0.15) is 0 Å². The number of nitrogens with zero attached hydrogens (tertiary/aromatic N) is 2.